The zero-order valence-corrected chi connectivity index (χ0v) is 17.3. The van der Waals surface area contributed by atoms with E-state index in [2.05, 4.69) is 32.5 Å². The Balaban J connectivity index is 1.62. The molecule has 0 fully saturated rings. The van der Waals surface area contributed by atoms with Gasteiger partial charge in [0.25, 0.3) is 5.91 Å². The van der Waals surface area contributed by atoms with Crippen molar-refractivity contribution >= 4 is 28.1 Å². The number of carbonyl (C=O) groups excluding carboxylic acids is 1. The highest BCUT2D eigenvalue weighted by atomic mass is 79.9. The van der Waals surface area contributed by atoms with Gasteiger partial charge in [-0.3, -0.25) is 4.79 Å². The quantitative estimate of drug-likeness (QED) is 0.427. The number of nitriles is 1. The van der Waals surface area contributed by atoms with Crippen molar-refractivity contribution in [3.63, 3.8) is 0 Å². The van der Waals surface area contributed by atoms with Crippen molar-refractivity contribution in [2.24, 2.45) is 5.10 Å². The molecule has 0 unspecified atom stereocenters. The summed E-state index contributed by atoms with van der Waals surface area (Å²) < 4.78 is 6.57. The molecule has 3 aromatic rings. The van der Waals surface area contributed by atoms with Crippen molar-refractivity contribution in [1.29, 1.82) is 5.26 Å². The number of rotatable bonds is 6. The molecule has 0 saturated heterocycles. The average Bonchev–Trinajstić information content (AvgIpc) is 2.73. The molecule has 29 heavy (non-hydrogen) atoms. The van der Waals surface area contributed by atoms with Crippen LogP contribution in [0.5, 0.6) is 5.75 Å². The van der Waals surface area contributed by atoms with Gasteiger partial charge in [0, 0.05) is 11.1 Å². The molecule has 0 atom stereocenters. The van der Waals surface area contributed by atoms with Gasteiger partial charge in [0.15, 0.2) is 0 Å². The highest BCUT2D eigenvalue weighted by molar-refractivity contribution is 9.10. The van der Waals surface area contributed by atoms with Gasteiger partial charge in [-0.2, -0.15) is 10.4 Å². The molecule has 5 nitrogen and oxygen atoms in total. The first-order valence-electron chi connectivity index (χ1n) is 8.88. The molecule has 0 bridgehead atoms. The SMILES string of the molecule is Cc1ccccc1C(=O)N/N=C\c1ccc(OCc2ccccc2C#N)c(Br)c1. The summed E-state index contributed by atoms with van der Waals surface area (Å²) in [7, 11) is 0. The van der Waals surface area contributed by atoms with Crippen molar-refractivity contribution < 1.29 is 9.53 Å². The highest BCUT2D eigenvalue weighted by Gasteiger charge is 2.07. The van der Waals surface area contributed by atoms with Crippen LogP contribution in [0.4, 0.5) is 0 Å². The largest absolute Gasteiger partial charge is 0.488 e. The van der Waals surface area contributed by atoms with E-state index >= 15 is 0 Å². The molecule has 0 saturated carbocycles. The summed E-state index contributed by atoms with van der Waals surface area (Å²) in [6, 6.07) is 22.3. The lowest BCUT2D eigenvalue weighted by Gasteiger charge is -2.10. The van der Waals surface area contributed by atoms with Gasteiger partial charge >= 0.3 is 0 Å². The molecular formula is C23H18BrN3O2. The number of hydrazone groups is 1. The van der Waals surface area contributed by atoms with Crippen LogP contribution < -0.4 is 10.2 Å². The summed E-state index contributed by atoms with van der Waals surface area (Å²) in [5.41, 5.74) is 6.23. The molecule has 3 rings (SSSR count). The van der Waals surface area contributed by atoms with E-state index in [4.69, 9.17) is 10.00 Å². The molecule has 1 amide bonds. The van der Waals surface area contributed by atoms with E-state index in [0.29, 0.717) is 23.5 Å². The Bertz CT molecular complexity index is 1100. The van der Waals surface area contributed by atoms with Gasteiger partial charge in [-0.1, -0.05) is 36.4 Å². The fourth-order valence-electron chi connectivity index (χ4n) is 2.68. The molecule has 0 spiro atoms. The van der Waals surface area contributed by atoms with E-state index in [0.717, 1.165) is 21.2 Å². The zero-order chi connectivity index (χ0) is 20.6. The number of nitrogens with zero attached hydrogens (tertiary/aromatic N) is 2. The molecule has 144 valence electrons. The Morgan fingerprint density at radius 3 is 2.69 bits per heavy atom. The van der Waals surface area contributed by atoms with Gasteiger partial charge in [0.1, 0.15) is 12.4 Å². The minimum atomic E-state index is -0.255. The highest BCUT2D eigenvalue weighted by Crippen LogP contribution is 2.26. The summed E-state index contributed by atoms with van der Waals surface area (Å²) in [6.45, 7) is 2.17. The number of halogens is 1. The first kappa shape index (κ1) is 20.3. The lowest BCUT2D eigenvalue weighted by molar-refractivity contribution is 0.0954. The Labute approximate surface area is 177 Å². The van der Waals surface area contributed by atoms with Crippen molar-refractivity contribution in [1.82, 2.24) is 5.43 Å². The van der Waals surface area contributed by atoms with Gasteiger partial charge in [0.05, 0.1) is 22.3 Å². The van der Waals surface area contributed by atoms with Crippen molar-refractivity contribution in [3.8, 4) is 11.8 Å². The van der Waals surface area contributed by atoms with Crippen molar-refractivity contribution in [2.45, 2.75) is 13.5 Å². The van der Waals surface area contributed by atoms with E-state index in [9.17, 15) is 4.79 Å². The third kappa shape index (κ3) is 5.31. The van der Waals surface area contributed by atoms with Gasteiger partial charge in [0.2, 0.25) is 0 Å². The number of carbonyl (C=O) groups is 1. The summed E-state index contributed by atoms with van der Waals surface area (Å²) in [4.78, 5) is 12.2. The third-order valence-corrected chi connectivity index (χ3v) is 4.87. The fourth-order valence-corrected chi connectivity index (χ4v) is 3.19. The maximum Gasteiger partial charge on any atom is 0.271 e. The van der Waals surface area contributed by atoms with Gasteiger partial charge < -0.3 is 4.74 Å². The van der Waals surface area contributed by atoms with Crippen LogP contribution >= 0.6 is 15.9 Å². The number of aryl methyl sites for hydroxylation is 1. The average molecular weight is 448 g/mol. The number of hydrogen-bond acceptors (Lipinski definition) is 4. The summed E-state index contributed by atoms with van der Waals surface area (Å²) in [5, 5.41) is 13.2. The van der Waals surface area contributed by atoms with Crippen LogP contribution in [-0.4, -0.2) is 12.1 Å². The fraction of sp³-hybridized carbons (Fsp3) is 0.0870. The minimum Gasteiger partial charge on any atom is -0.488 e. The zero-order valence-electron chi connectivity index (χ0n) is 15.7. The minimum absolute atomic E-state index is 0.255. The molecule has 0 aliphatic carbocycles. The molecule has 0 aliphatic heterocycles. The van der Waals surface area contributed by atoms with Crippen LogP contribution in [0.1, 0.15) is 32.6 Å². The lowest BCUT2D eigenvalue weighted by atomic mass is 10.1. The Morgan fingerprint density at radius 1 is 1.17 bits per heavy atom. The van der Waals surface area contributed by atoms with Gasteiger partial charge in [-0.25, -0.2) is 5.43 Å². The van der Waals surface area contributed by atoms with E-state index in [-0.39, 0.29) is 5.91 Å². The number of benzene rings is 3. The summed E-state index contributed by atoms with van der Waals surface area (Å²) in [5.74, 6) is 0.397. The molecule has 0 aliphatic rings. The molecule has 0 heterocycles. The van der Waals surface area contributed by atoms with Crippen LogP contribution in [0.2, 0.25) is 0 Å². The Hall–Kier alpha value is -3.43. The monoisotopic (exact) mass is 447 g/mol. The second kappa shape index (κ2) is 9.67. The molecular weight excluding hydrogens is 430 g/mol. The first-order chi connectivity index (χ1) is 14.1. The van der Waals surface area contributed by atoms with E-state index in [1.54, 1.807) is 18.3 Å². The smallest absolute Gasteiger partial charge is 0.271 e. The van der Waals surface area contributed by atoms with Crippen molar-refractivity contribution in [2.75, 3.05) is 0 Å². The van der Waals surface area contributed by atoms with Gasteiger partial charge in [-0.15, -0.1) is 0 Å². The predicted molar refractivity (Wildman–Crippen MR) is 116 cm³/mol. The van der Waals surface area contributed by atoms with Crippen LogP contribution in [-0.2, 0) is 6.61 Å². The van der Waals surface area contributed by atoms with Crippen LogP contribution in [0, 0.1) is 18.3 Å². The molecule has 3 aromatic carbocycles. The van der Waals surface area contributed by atoms with E-state index in [1.807, 2.05) is 61.5 Å². The maximum atomic E-state index is 12.2. The molecule has 0 aromatic heterocycles. The second-order valence-corrected chi connectivity index (χ2v) is 7.12. The van der Waals surface area contributed by atoms with Gasteiger partial charge in [-0.05, 0) is 64.3 Å². The van der Waals surface area contributed by atoms with Crippen LogP contribution in [0.3, 0.4) is 0 Å². The Kier molecular flexibility index (Phi) is 6.77. The molecule has 0 radical (unpaired) electrons. The van der Waals surface area contributed by atoms with Crippen molar-refractivity contribution in [3.05, 3.63) is 99.0 Å². The molecule has 1 N–H and O–H groups in total. The standard InChI is InChI=1S/C23H18BrN3O2/c1-16-6-2-5-9-20(16)23(28)27-26-14-17-10-11-22(21(24)12-17)29-15-19-8-4-3-7-18(19)13-25/h2-12,14H,15H2,1H3,(H,27,28)/b26-14-. The topological polar surface area (TPSA) is 74.5 Å². The van der Waals surface area contributed by atoms with E-state index < -0.39 is 0 Å². The summed E-state index contributed by atoms with van der Waals surface area (Å²) >= 11 is 3.48. The van der Waals surface area contributed by atoms with Crippen LogP contribution in [0.15, 0.2) is 76.3 Å². The normalized spacial score (nSPS) is 10.5. The third-order valence-electron chi connectivity index (χ3n) is 4.25. The maximum absolute atomic E-state index is 12.2. The first-order valence-corrected chi connectivity index (χ1v) is 9.67. The number of nitrogens with one attached hydrogen (secondary N) is 1. The number of hydrogen-bond donors (Lipinski definition) is 1. The number of amides is 1. The summed E-state index contributed by atoms with van der Waals surface area (Å²) in [6.07, 6.45) is 1.57. The number of ether oxygens (including phenoxy) is 1. The Morgan fingerprint density at radius 2 is 1.93 bits per heavy atom. The lowest BCUT2D eigenvalue weighted by Crippen LogP contribution is -2.18. The second-order valence-electron chi connectivity index (χ2n) is 6.26. The van der Waals surface area contributed by atoms with Crippen LogP contribution in [0.25, 0.3) is 0 Å². The molecule has 6 heteroatoms. The van der Waals surface area contributed by atoms with E-state index in [1.165, 1.54) is 0 Å². The predicted octanol–water partition coefficient (Wildman–Crippen LogP) is 4.97.